The number of hydrogen-bond acceptors (Lipinski definition) is 4. The molecule has 3 aromatic rings. The number of para-hydroxylation sites is 1. The Balaban J connectivity index is 1.46. The second-order valence-electron chi connectivity index (χ2n) is 8.66. The van der Waals surface area contributed by atoms with E-state index in [1.54, 1.807) is 0 Å². The molecule has 1 aliphatic rings. The number of likely N-dealkylation sites (tertiary alicyclic amines) is 1. The first-order valence-electron chi connectivity index (χ1n) is 11.8. The maximum atomic E-state index is 13.1. The zero-order chi connectivity index (χ0) is 22.3. The van der Waals surface area contributed by atoms with Gasteiger partial charge in [0, 0.05) is 17.5 Å². The van der Waals surface area contributed by atoms with E-state index in [2.05, 4.69) is 17.1 Å². The Hall–Kier alpha value is -2.92. The number of fused-ring (bicyclic) bond motifs is 1. The number of carbonyl (C=O) groups is 1. The van der Waals surface area contributed by atoms with Crippen LogP contribution in [0.15, 0.2) is 54.6 Å². The molecule has 0 spiro atoms. The van der Waals surface area contributed by atoms with Crippen molar-refractivity contribution in [1.82, 2.24) is 15.2 Å². The van der Waals surface area contributed by atoms with Crippen LogP contribution in [0.1, 0.15) is 43.5 Å². The number of pyridine rings is 1. The molecule has 1 amide bonds. The summed E-state index contributed by atoms with van der Waals surface area (Å²) in [6.45, 7) is 9.01. The smallest absolute Gasteiger partial charge is 0.252 e. The highest BCUT2D eigenvalue weighted by Gasteiger charge is 2.16. The summed E-state index contributed by atoms with van der Waals surface area (Å²) in [4.78, 5) is 20.4. The number of piperidine rings is 1. The minimum atomic E-state index is -0.0388. The van der Waals surface area contributed by atoms with Crippen LogP contribution in [0.4, 0.5) is 0 Å². The van der Waals surface area contributed by atoms with E-state index >= 15 is 0 Å². The molecule has 0 radical (unpaired) electrons. The number of aromatic nitrogens is 1. The van der Waals surface area contributed by atoms with E-state index < -0.39 is 0 Å². The zero-order valence-electron chi connectivity index (χ0n) is 19.1. The number of benzene rings is 2. The van der Waals surface area contributed by atoms with Gasteiger partial charge in [0.15, 0.2) is 0 Å². The van der Waals surface area contributed by atoms with Crippen molar-refractivity contribution in [3.05, 3.63) is 60.2 Å². The van der Waals surface area contributed by atoms with Gasteiger partial charge in [-0.3, -0.25) is 4.79 Å². The Labute approximate surface area is 190 Å². The van der Waals surface area contributed by atoms with Crippen LogP contribution in [0.2, 0.25) is 0 Å². The summed E-state index contributed by atoms with van der Waals surface area (Å²) >= 11 is 0. The largest absolute Gasteiger partial charge is 0.494 e. The molecule has 1 N–H and O–H groups in total. The number of nitrogens with one attached hydrogen (secondary N) is 1. The average molecular weight is 432 g/mol. The molecule has 0 atom stereocenters. The van der Waals surface area contributed by atoms with Gasteiger partial charge in [-0.05, 0) is 88.1 Å². The summed E-state index contributed by atoms with van der Waals surface area (Å²) in [5, 5.41) is 4.01. The van der Waals surface area contributed by atoms with Gasteiger partial charge in [0.05, 0.1) is 23.4 Å². The second-order valence-corrected chi connectivity index (χ2v) is 8.66. The third kappa shape index (κ3) is 5.46. The van der Waals surface area contributed by atoms with Crippen molar-refractivity contribution in [3.63, 3.8) is 0 Å². The molecular formula is C27H33N3O2. The molecule has 168 valence electrons. The first kappa shape index (κ1) is 22.3. The molecule has 2 heterocycles. The molecular weight excluding hydrogens is 398 g/mol. The Morgan fingerprint density at radius 1 is 1.12 bits per heavy atom. The van der Waals surface area contributed by atoms with Crippen molar-refractivity contribution < 1.29 is 9.53 Å². The summed E-state index contributed by atoms with van der Waals surface area (Å²) in [6, 6.07) is 17.6. The molecule has 0 aliphatic carbocycles. The monoisotopic (exact) mass is 431 g/mol. The highest BCUT2D eigenvalue weighted by atomic mass is 16.5. The van der Waals surface area contributed by atoms with Crippen molar-refractivity contribution in [2.24, 2.45) is 5.92 Å². The fraction of sp³-hybridized carbons (Fsp3) is 0.407. The highest BCUT2D eigenvalue weighted by Crippen LogP contribution is 2.26. The van der Waals surface area contributed by atoms with E-state index in [1.807, 2.05) is 61.5 Å². The Bertz CT molecular complexity index is 1040. The minimum absolute atomic E-state index is 0.0388. The molecule has 1 aromatic heterocycles. The van der Waals surface area contributed by atoms with Gasteiger partial charge in [0.1, 0.15) is 5.75 Å². The van der Waals surface area contributed by atoms with Gasteiger partial charge in [-0.25, -0.2) is 4.98 Å². The van der Waals surface area contributed by atoms with Gasteiger partial charge in [-0.15, -0.1) is 0 Å². The van der Waals surface area contributed by atoms with Gasteiger partial charge >= 0.3 is 0 Å². The lowest BCUT2D eigenvalue weighted by molar-refractivity contribution is 0.0952. The lowest BCUT2D eigenvalue weighted by Crippen LogP contribution is -2.35. The van der Waals surface area contributed by atoms with E-state index in [-0.39, 0.29) is 5.91 Å². The van der Waals surface area contributed by atoms with Gasteiger partial charge in [0.2, 0.25) is 0 Å². The number of hydrogen-bond donors (Lipinski definition) is 1. The molecule has 1 saturated heterocycles. The molecule has 32 heavy (non-hydrogen) atoms. The third-order valence-corrected chi connectivity index (χ3v) is 6.23. The van der Waals surface area contributed by atoms with Crippen molar-refractivity contribution in [1.29, 1.82) is 0 Å². The predicted molar refractivity (Wildman–Crippen MR) is 130 cm³/mol. The third-order valence-electron chi connectivity index (χ3n) is 6.23. The summed E-state index contributed by atoms with van der Waals surface area (Å²) in [6.07, 6.45) is 3.53. The Morgan fingerprint density at radius 3 is 2.62 bits per heavy atom. The molecule has 0 unspecified atom stereocenters. The normalized spacial score (nSPS) is 15.1. The van der Waals surface area contributed by atoms with Crippen molar-refractivity contribution >= 4 is 16.8 Å². The number of rotatable bonds is 8. The Kier molecular flexibility index (Phi) is 7.38. The van der Waals surface area contributed by atoms with E-state index in [0.29, 0.717) is 18.7 Å². The van der Waals surface area contributed by atoms with Crippen LogP contribution in [0, 0.1) is 5.92 Å². The first-order chi connectivity index (χ1) is 15.6. The Morgan fingerprint density at radius 2 is 1.88 bits per heavy atom. The number of carbonyl (C=O) groups excluding carboxylic acids is 1. The van der Waals surface area contributed by atoms with Crippen molar-refractivity contribution in [2.75, 3.05) is 32.8 Å². The molecule has 5 nitrogen and oxygen atoms in total. The fourth-order valence-electron chi connectivity index (χ4n) is 4.29. The van der Waals surface area contributed by atoms with Crippen molar-refractivity contribution in [2.45, 2.75) is 33.1 Å². The molecule has 1 aliphatic heterocycles. The van der Waals surface area contributed by atoms with Crippen LogP contribution in [0.25, 0.3) is 22.2 Å². The van der Waals surface area contributed by atoms with Crippen molar-refractivity contribution in [3.8, 4) is 17.0 Å². The number of nitrogens with zero attached hydrogens (tertiary/aromatic N) is 2. The molecule has 5 heteroatoms. The molecule has 0 bridgehead atoms. The topological polar surface area (TPSA) is 54.5 Å². The van der Waals surface area contributed by atoms with Crippen LogP contribution in [0.5, 0.6) is 5.75 Å². The predicted octanol–water partition coefficient (Wildman–Crippen LogP) is 5.15. The van der Waals surface area contributed by atoms with Gasteiger partial charge < -0.3 is 15.0 Å². The SMILES string of the molecule is CCOc1ccc(-c2cc(C(=O)NCCCN3CCC(C)CC3)c3ccccc3n2)cc1. The molecule has 1 fully saturated rings. The van der Waals surface area contributed by atoms with Crippen LogP contribution >= 0.6 is 0 Å². The summed E-state index contributed by atoms with van der Waals surface area (Å²) < 4.78 is 5.54. The zero-order valence-corrected chi connectivity index (χ0v) is 19.1. The van der Waals surface area contributed by atoms with Crippen LogP contribution in [-0.2, 0) is 0 Å². The van der Waals surface area contributed by atoms with E-state index in [4.69, 9.17) is 9.72 Å². The average Bonchev–Trinajstić information content (AvgIpc) is 2.83. The standard InChI is InChI=1S/C27H33N3O2/c1-3-32-22-11-9-21(10-12-22)26-19-24(23-7-4-5-8-25(23)29-26)27(31)28-15-6-16-30-17-13-20(2)14-18-30/h4-5,7-12,19-20H,3,6,13-18H2,1-2H3,(H,28,31). The van der Waals surface area contributed by atoms with E-state index in [9.17, 15) is 4.79 Å². The second kappa shape index (κ2) is 10.6. The quantitative estimate of drug-likeness (QED) is 0.501. The van der Waals surface area contributed by atoms with Gasteiger partial charge in [0.25, 0.3) is 5.91 Å². The summed E-state index contributed by atoms with van der Waals surface area (Å²) in [5.74, 6) is 1.64. The molecule has 4 rings (SSSR count). The lowest BCUT2D eigenvalue weighted by atomic mass is 9.99. The maximum Gasteiger partial charge on any atom is 0.252 e. The van der Waals surface area contributed by atoms with Crippen LogP contribution in [-0.4, -0.2) is 48.6 Å². The van der Waals surface area contributed by atoms with E-state index in [0.717, 1.165) is 46.8 Å². The van der Waals surface area contributed by atoms with Gasteiger partial charge in [-0.1, -0.05) is 25.1 Å². The summed E-state index contributed by atoms with van der Waals surface area (Å²) in [7, 11) is 0. The number of ether oxygens (including phenoxy) is 1. The van der Waals surface area contributed by atoms with Crippen LogP contribution in [0.3, 0.4) is 0 Å². The van der Waals surface area contributed by atoms with Gasteiger partial charge in [-0.2, -0.15) is 0 Å². The minimum Gasteiger partial charge on any atom is -0.494 e. The highest BCUT2D eigenvalue weighted by molar-refractivity contribution is 6.07. The first-order valence-corrected chi connectivity index (χ1v) is 11.8. The fourth-order valence-corrected chi connectivity index (χ4v) is 4.29. The number of amides is 1. The van der Waals surface area contributed by atoms with Crippen LogP contribution < -0.4 is 10.1 Å². The maximum absolute atomic E-state index is 13.1. The van der Waals surface area contributed by atoms with E-state index in [1.165, 1.54) is 25.9 Å². The molecule has 2 aromatic carbocycles. The molecule has 0 saturated carbocycles. The lowest BCUT2D eigenvalue weighted by Gasteiger charge is -2.30. The summed E-state index contributed by atoms with van der Waals surface area (Å²) in [5.41, 5.74) is 3.25.